The summed E-state index contributed by atoms with van der Waals surface area (Å²) in [5, 5.41) is 0. The molecule has 1 aromatic rings. The zero-order chi connectivity index (χ0) is 11.5. The van der Waals surface area contributed by atoms with Crippen molar-refractivity contribution >= 4 is 0 Å². The van der Waals surface area contributed by atoms with Crippen molar-refractivity contribution in [2.24, 2.45) is 17.6 Å². The minimum absolute atomic E-state index is 0.637. The normalized spacial score (nSPS) is 26.2. The van der Waals surface area contributed by atoms with Gasteiger partial charge in [0.1, 0.15) is 0 Å². The molecule has 0 bridgehead atoms. The van der Waals surface area contributed by atoms with Gasteiger partial charge in [0.05, 0.1) is 0 Å². The summed E-state index contributed by atoms with van der Waals surface area (Å²) in [6, 6.07) is 8.68. The van der Waals surface area contributed by atoms with Crippen molar-refractivity contribution in [3.63, 3.8) is 0 Å². The number of nitrogens with two attached hydrogens (primary N) is 1. The molecule has 0 spiro atoms. The second-order valence-corrected chi connectivity index (χ2v) is 5.17. The molecule has 0 aliphatic carbocycles. The van der Waals surface area contributed by atoms with E-state index in [4.69, 9.17) is 5.73 Å². The molecule has 2 unspecified atom stereocenters. The summed E-state index contributed by atoms with van der Waals surface area (Å²) < 4.78 is 0. The van der Waals surface area contributed by atoms with Crippen LogP contribution in [0.15, 0.2) is 24.3 Å². The van der Waals surface area contributed by atoms with Crippen LogP contribution in [0.25, 0.3) is 0 Å². The van der Waals surface area contributed by atoms with Crippen molar-refractivity contribution in [1.29, 1.82) is 0 Å². The molecule has 2 nitrogen and oxygen atoms in total. The first-order valence-corrected chi connectivity index (χ1v) is 6.19. The molecule has 1 saturated heterocycles. The Morgan fingerprint density at radius 3 is 2.06 bits per heavy atom. The Bertz CT molecular complexity index is 321. The standard InChI is InChI=1S/C14H22N2/c1-11-8-16(9-12(11)2)10-14-5-3-13(7-15)4-6-14/h3-6,11-12H,7-10,15H2,1-2H3. The van der Waals surface area contributed by atoms with Crippen LogP contribution in [0, 0.1) is 11.8 Å². The van der Waals surface area contributed by atoms with Crippen molar-refractivity contribution < 1.29 is 0 Å². The zero-order valence-electron chi connectivity index (χ0n) is 10.3. The number of hydrogen-bond acceptors (Lipinski definition) is 2. The van der Waals surface area contributed by atoms with E-state index in [-0.39, 0.29) is 0 Å². The Morgan fingerprint density at radius 2 is 1.56 bits per heavy atom. The van der Waals surface area contributed by atoms with Crippen LogP contribution < -0.4 is 5.73 Å². The van der Waals surface area contributed by atoms with Crippen LogP contribution in [-0.4, -0.2) is 18.0 Å². The summed E-state index contributed by atoms with van der Waals surface area (Å²) in [5.74, 6) is 1.67. The van der Waals surface area contributed by atoms with Crippen LogP contribution in [0.1, 0.15) is 25.0 Å². The molecule has 0 saturated carbocycles. The third kappa shape index (κ3) is 2.63. The third-order valence-electron chi connectivity index (χ3n) is 3.73. The second-order valence-electron chi connectivity index (χ2n) is 5.17. The Morgan fingerprint density at radius 1 is 1.06 bits per heavy atom. The molecule has 0 radical (unpaired) electrons. The number of rotatable bonds is 3. The number of hydrogen-bond donors (Lipinski definition) is 1. The van der Waals surface area contributed by atoms with E-state index < -0.39 is 0 Å². The van der Waals surface area contributed by atoms with Crippen molar-refractivity contribution in [3.8, 4) is 0 Å². The van der Waals surface area contributed by atoms with Gasteiger partial charge in [-0.25, -0.2) is 0 Å². The first-order chi connectivity index (χ1) is 7.69. The molecule has 2 atom stereocenters. The Labute approximate surface area is 98.4 Å². The molecule has 1 fully saturated rings. The lowest BCUT2D eigenvalue weighted by atomic mass is 10.0. The van der Waals surface area contributed by atoms with Gasteiger partial charge in [0.25, 0.3) is 0 Å². The van der Waals surface area contributed by atoms with Crippen molar-refractivity contribution in [1.82, 2.24) is 4.90 Å². The lowest BCUT2D eigenvalue weighted by Crippen LogP contribution is -2.20. The maximum atomic E-state index is 5.59. The Kier molecular flexibility index (Phi) is 3.62. The van der Waals surface area contributed by atoms with Crippen molar-refractivity contribution in [2.75, 3.05) is 13.1 Å². The molecular formula is C14H22N2. The van der Waals surface area contributed by atoms with Crippen molar-refractivity contribution in [3.05, 3.63) is 35.4 Å². The van der Waals surface area contributed by atoms with Crippen LogP contribution >= 0.6 is 0 Å². The van der Waals surface area contributed by atoms with Gasteiger partial charge in [-0.1, -0.05) is 38.1 Å². The van der Waals surface area contributed by atoms with Crippen LogP contribution in [0.5, 0.6) is 0 Å². The molecule has 1 aromatic carbocycles. The highest BCUT2D eigenvalue weighted by atomic mass is 15.1. The molecule has 16 heavy (non-hydrogen) atoms. The van der Waals surface area contributed by atoms with E-state index >= 15 is 0 Å². The van der Waals surface area contributed by atoms with E-state index in [1.807, 2.05) is 0 Å². The van der Waals surface area contributed by atoms with Gasteiger partial charge in [-0.3, -0.25) is 4.90 Å². The fourth-order valence-electron chi connectivity index (χ4n) is 2.42. The van der Waals surface area contributed by atoms with Crippen LogP contribution in [0.4, 0.5) is 0 Å². The average Bonchev–Trinajstić information content (AvgIpc) is 2.59. The predicted molar refractivity (Wildman–Crippen MR) is 67.9 cm³/mol. The number of benzene rings is 1. The monoisotopic (exact) mass is 218 g/mol. The highest BCUT2D eigenvalue weighted by Crippen LogP contribution is 2.23. The Balaban J connectivity index is 1.94. The number of likely N-dealkylation sites (tertiary alicyclic amines) is 1. The van der Waals surface area contributed by atoms with E-state index in [2.05, 4.69) is 43.0 Å². The zero-order valence-corrected chi connectivity index (χ0v) is 10.3. The van der Waals surface area contributed by atoms with E-state index in [1.165, 1.54) is 24.2 Å². The van der Waals surface area contributed by atoms with E-state index in [1.54, 1.807) is 0 Å². The topological polar surface area (TPSA) is 29.3 Å². The molecule has 2 rings (SSSR count). The van der Waals surface area contributed by atoms with Crippen molar-refractivity contribution in [2.45, 2.75) is 26.9 Å². The summed E-state index contributed by atoms with van der Waals surface area (Å²) in [7, 11) is 0. The largest absolute Gasteiger partial charge is 0.326 e. The fraction of sp³-hybridized carbons (Fsp3) is 0.571. The molecule has 0 aromatic heterocycles. The summed E-state index contributed by atoms with van der Waals surface area (Å²) in [4.78, 5) is 2.55. The smallest absolute Gasteiger partial charge is 0.0233 e. The van der Waals surface area contributed by atoms with Gasteiger partial charge in [-0.2, -0.15) is 0 Å². The maximum Gasteiger partial charge on any atom is 0.0233 e. The van der Waals surface area contributed by atoms with Crippen LogP contribution in [0.3, 0.4) is 0 Å². The van der Waals surface area contributed by atoms with Gasteiger partial charge in [-0.15, -0.1) is 0 Å². The quantitative estimate of drug-likeness (QED) is 0.843. The SMILES string of the molecule is CC1CN(Cc2ccc(CN)cc2)CC1C. The summed E-state index contributed by atoms with van der Waals surface area (Å²) in [5.41, 5.74) is 8.21. The third-order valence-corrected chi connectivity index (χ3v) is 3.73. The molecule has 2 heteroatoms. The maximum absolute atomic E-state index is 5.59. The van der Waals surface area contributed by atoms with Crippen LogP contribution in [-0.2, 0) is 13.1 Å². The highest BCUT2D eigenvalue weighted by molar-refractivity contribution is 5.22. The minimum Gasteiger partial charge on any atom is -0.326 e. The summed E-state index contributed by atoms with van der Waals surface area (Å²) in [6.45, 7) is 8.89. The first kappa shape index (κ1) is 11.6. The van der Waals surface area contributed by atoms with Gasteiger partial charge in [0.15, 0.2) is 0 Å². The summed E-state index contributed by atoms with van der Waals surface area (Å²) >= 11 is 0. The lowest BCUT2D eigenvalue weighted by Gasteiger charge is -2.15. The average molecular weight is 218 g/mol. The Hall–Kier alpha value is -0.860. The molecule has 1 aliphatic heterocycles. The van der Waals surface area contributed by atoms with E-state index in [0.717, 1.165) is 18.4 Å². The number of nitrogens with zero attached hydrogens (tertiary/aromatic N) is 1. The molecule has 2 N–H and O–H groups in total. The van der Waals surface area contributed by atoms with Crippen LogP contribution in [0.2, 0.25) is 0 Å². The molecule has 1 aliphatic rings. The van der Waals surface area contributed by atoms with Gasteiger partial charge in [-0.05, 0) is 23.0 Å². The highest BCUT2D eigenvalue weighted by Gasteiger charge is 2.25. The van der Waals surface area contributed by atoms with Gasteiger partial charge in [0.2, 0.25) is 0 Å². The molecule has 0 amide bonds. The predicted octanol–water partition coefficient (Wildman–Crippen LogP) is 2.23. The fourth-order valence-corrected chi connectivity index (χ4v) is 2.42. The molecule has 1 heterocycles. The lowest BCUT2D eigenvalue weighted by molar-refractivity contribution is 0.316. The van der Waals surface area contributed by atoms with Gasteiger partial charge < -0.3 is 5.73 Å². The second kappa shape index (κ2) is 4.98. The van der Waals surface area contributed by atoms with Gasteiger partial charge >= 0.3 is 0 Å². The van der Waals surface area contributed by atoms with Gasteiger partial charge in [0, 0.05) is 26.2 Å². The minimum atomic E-state index is 0.637. The molecular weight excluding hydrogens is 196 g/mol. The first-order valence-electron chi connectivity index (χ1n) is 6.19. The molecule has 88 valence electrons. The van der Waals surface area contributed by atoms with E-state index in [9.17, 15) is 0 Å². The summed E-state index contributed by atoms with van der Waals surface area (Å²) in [6.07, 6.45) is 0. The van der Waals surface area contributed by atoms with E-state index in [0.29, 0.717) is 6.54 Å².